The molecule has 0 aliphatic rings. The molecule has 1 unspecified atom stereocenters. The number of halogens is 1. The third kappa shape index (κ3) is 4.45. The minimum atomic E-state index is -0.891. The second kappa shape index (κ2) is 6.28. The Morgan fingerprint density at radius 1 is 1.25 bits per heavy atom. The van der Waals surface area contributed by atoms with E-state index in [1.54, 1.807) is 24.3 Å². The van der Waals surface area contributed by atoms with Crippen LogP contribution in [0.3, 0.4) is 0 Å². The summed E-state index contributed by atoms with van der Waals surface area (Å²) in [6.45, 7) is 0. The molecule has 0 spiro atoms. The normalized spacial score (nSPS) is 12.1. The molecular weight excluding hydrogens is 228 g/mol. The van der Waals surface area contributed by atoms with Crippen molar-refractivity contribution >= 4 is 23.4 Å². The highest BCUT2D eigenvalue weighted by molar-refractivity contribution is 6.22. The summed E-state index contributed by atoms with van der Waals surface area (Å²) < 4.78 is 0. The summed E-state index contributed by atoms with van der Waals surface area (Å²) in [7, 11) is 0. The van der Waals surface area contributed by atoms with Crippen molar-refractivity contribution in [1.82, 2.24) is 0 Å². The van der Waals surface area contributed by atoms with Crippen molar-refractivity contribution in [2.45, 2.75) is 24.6 Å². The molecule has 4 heteroatoms. The molecule has 0 aliphatic heterocycles. The highest BCUT2D eigenvalue weighted by Crippen LogP contribution is 2.14. The third-order valence-corrected chi connectivity index (χ3v) is 2.55. The fraction of sp³-hybridized carbons (Fsp3) is 0.333. The van der Waals surface area contributed by atoms with Crippen LogP contribution in [-0.2, 0) is 4.79 Å². The molecule has 86 valence electrons. The van der Waals surface area contributed by atoms with E-state index in [-0.39, 0.29) is 18.6 Å². The van der Waals surface area contributed by atoms with E-state index in [4.69, 9.17) is 16.7 Å². The summed E-state index contributed by atoms with van der Waals surface area (Å²) in [5.41, 5.74) is 0.614. The molecule has 1 N–H and O–H groups in total. The molecule has 16 heavy (non-hydrogen) atoms. The SMILES string of the molecule is O=C(O)CCC(Cl)CC(=O)c1ccccc1. The molecule has 0 amide bonds. The number of rotatable bonds is 6. The predicted molar refractivity (Wildman–Crippen MR) is 61.9 cm³/mol. The summed E-state index contributed by atoms with van der Waals surface area (Å²) in [4.78, 5) is 22.0. The van der Waals surface area contributed by atoms with Gasteiger partial charge in [-0.25, -0.2) is 0 Å². The van der Waals surface area contributed by atoms with Gasteiger partial charge in [-0.15, -0.1) is 11.6 Å². The van der Waals surface area contributed by atoms with Gasteiger partial charge in [-0.05, 0) is 6.42 Å². The number of carboxylic acid groups (broad SMARTS) is 1. The Kier molecular flexibility index (Phi) is 4.99. The zero-order valence-corrected chi connectivity index (χ0v) is 9.48. The van der Waals surface area contributed by atoms with E-state index in [0.29, 0.717) is 12.0 Å². The number of ketones is 1. The van der Waals surface area contributed by atoms with Gasteiger partial charge in [-0.2, -0.15) is 0 Å². The molecule has 1 aromatic carbocycles. The Hall–Kier alpha value is -1.35. The molecule has 1 rings (SSSR count). The van der Waals surface area contributed by atoms with E-state index in [1.165, 1.54) is 0 Å². The number of aliphatic carboxylic acids is 1. The maximum Gasteiger partial charge on any atom is 0.303 e. The van der Waals surface area contributed by atoms with Gasteiger partial charge in [-0.3, -0.25) is 9.59 Å². The van der Waals surface area contributed by atoms with Crippen LogP contribution >= 0.6 is 11.6 Å². The van der Waals surface area contributed by atoms with E-state index < -0.39 is 11.3 Å². The van der Waals surface area contributed by atoms with Gasteiger partial charge in [0, 0.05) is 23.8 Å². The van der Waals surface area contributed by atoms with Crippen LogP contribution in [0, 0.1) is 0 Å². The van der Waals surface area contributed by atoms with E-state index in [9.17, 15) is 9.59 Å². The Bertz CT molecular complexity index is 362. The zero-order chi connectivity index (χ0) is 12.0. The zero-order valence-electron chi connectivity index (χ0n) is 8.73. The lowest BCUT2D eigenvalue weighted by Crippen LogP contribution is -2.10. The number of alkyl halides is 1. The molecule has 3 nitrogen and oxygen atoms in total. The molecule has 0 bridgehead atoms. The van der Waals surface area contributed by atoms with Gasteiger partial charge >= 0.3 is 5.97 Å². The quantitative estimate of drug-likeness (QED) is 0.615. The first kappa shape index (κ1) is 12.7. The maximum absolute atomic E-state index is 11.7. The smallest absolute Gasteiger partial charge is 0.303 e. The number of carbonyl (C=O) groups excluding carboxylic acids is 1. The first-order chi connectivity index (χ1) is 7.59. The van der Waals surface area contributed by atoms with Crippen molar-refractivity contribution < 1.29 is 14.7 Å². The van der Waals surface area contributed by atoms with Crippen LogP contribution in [0.4, 0.5) is 0 Å². The predicted octanol–water partition coefficient (Wildman–Crippen LogP) is 2.73. The van der Waals surface area contributed by atoms with Gasteiger partial charge in [0.05, 0.1) is 0 Å². The van der Waals surface area contributed by atoms with Gasteiger partial charge in [0.25, 0.3) is 0 Å². The molecule has 0 heterocycles. The maximum atomic E-state index is 11.7. The van der Waals surface area contributed by atoms with E-state index >= 15 is 0 Å². The lowest BCUT2D eigenvalue weighted by molar-refractivity contribution is -0.137. The van der Waals surface area contributed by atoms with Crippen LogP contribution in [0.2, 0.25) is 0 Å². The second-order valence-corrected chi connectivity index (χ2v) is 4.14. The van der Waals surface area contributed by atoms with Crippen molar-refractivity contribution in [3.63, 3.8) is 0 Å². The minimum absolute atomic E-state index is 0.00373. The molecule has 0 aromatic heterocycles. The summed E-state index contributed by atoms with van der Waals surface area (Å²) in [5, 5.41) is 8.06. The average Bonchev–Trinajstić information content (AvgIpc) is 2.27. The second-order valence-electron chi connectivity index (χ2n) is 3.52. The first-order valence-corrected chi connectivity index (χ1v) is 5.47. The van der Waals surface area contributed by atoms with E-state index in [2.05, 4.69) is 0 Å². The van der Waals surface area contributed by atoms with Crippen LogP contribution in [-0.4, -0.2) is 22.2 Å². The summed E-state index contributed by atoms with van der Waals surface area (Å²) in [6.07, 6.45) is 0.491. The van der Waals surface area contributed by atoms with Gasteiger partial charge in [0.2, 0.25) is 0 Å². The number of carbonyl (C=O) groups is 2. The van der Waals surface area contributed by atoms with Crippen LogP contribution in [0.1, 0.15) is 29.6 Å². The topological polar surface area (TPSA) is 54.4 Å². The molecule has 0 saturated carbocycles. The first-order valence-electron chi connectivity index (χ1n) is 5.03. The average molecular weight is 241 g/mol. The lowest BCUT2D eigenvalue weighted by atomic mass is 10.0. The standard InChI is InChI=1S/C12H13ClO3/c13-10(6-7-12(15)16)8-11(14)9-4-2-1-3-5-9/h1-5,10H,6-8H2,(H,15,16). The largest absolute Gasteiger partial charge is 0.481 e. The van der Waals surface area contributed by atoms with Crippen LogP contribution in [0.5, 0.6) is 0 Å². The third-order valence-electron chi connectivity index (χ3n) is 2.17. The molecule has 0 aliphatic carbocycles. The van der Waals surface area contributed by atoms with Crippen molar-refractivity contribution in [3.05, 3.63) is 35.9 Å². The van der Waals surface area contributed by atoms with Crippen molar-refractivity contribution in [2.75, 3.05) is 0 Å². The summed E-state index contributed by atoms with van der Waals surface area (Å²) in [6, 6.07) is 8.85. The molecule has 0 saturated heterocycles. The van der Waals surface area contributed by atoms with E-state index in [0.717, 1.165) is 0 Å². The fourth-order valence-electron chi connectivity index (χ4n) is 1.33. The highest BCUT2D eigenvalue weighted by Gasteiger charge is 2.13. The van der Waals surface area contributed by atoms with Gasteiger partial charge in [0.15, 0.2) is 5.78 Å². The monoisotopic (exact) mass is 240 g/mol. The van der Waals surface area contributed by atoms with Crippen molar-refractivity contribution in [3.8, 4) is 0 Å². The Morgan fingerprint density at radius 3 is 2.44 bits per heavy atom. The summed E-state index contributed by atoms with van der Waals surface area (Å²) >= 11 is 5.89. The number of hydrogen-bond acceptors (Lipinski definition) is 2. The van der Waals surface area contributed by atoms with E-state index in [1.807, 2.05) is 6.07 Å². The van der Waals surface area contributed by atoms with Crippen LogP contribution in [0.25, 0.3) is 0 Å². The number of hydrogen-bond donors (Lipinski definition) is 1. The van der Waals surface area contributed by atoms with Crippen LogP contribution in [0.15, 0.2) is 30.3 Å². The minimum Gasteiger partial charge on any atom is -0.481 e. The van der Waals surface area contributed by atoms with Crippen LogP contribution < -0.4 is 0 Å². The molecule has 0 fully saturated rings. The Labute approximate surface area is 99.0 Å². The fourth-order valence-corrected chi connectivity index (χ4v) is 1.57. The molecule has 1 atom stereocenters. The van der Waals surface area contributed by atoms with Crippen molar-refractivity contribution in [1.29, 1.82) is 0 Å². The Balaban J connectivity index is 2.43. The lowest BCUT2D eigenvalue weighted by Gasteiger charge is -2.06. The Morgan fingerprint density at radius 2 is 1.88 bits per heavy atom. The van der Waals surface area contributed by atoms with Gasteiger partial charge in [-0.1, -0.05) is 30.3 Å². The number of Topliss-reactive ketones (excluding diaryl/α,β-unsaturated/α-hetero) is 1. The molecule has 1 aromatic rings. The highest BCUT2D eigenvalue weighted by atomic mass is 35.5. The summed E-state index contributed by atoms with van der Waals surface area (Å²) in [5.74, 6) is -0.941. The molecule has 0 radical (unpaired) electrons. The number of benzene rings is 1. The van der Waals surface area contributed by atoms with Gasteiger partial charge < -0.3 is 5.11 Å². The molecular formula is C12H13ClO3. The van der Waals surface area contributed by atoms with Crippen molar-refractivity contribution in [2.24, 2.45) is 0 Å². The number of carboxylic acids is 1. The van der Waals surface area contributed by atoms with Gasteiger partial charge in [0.1, 0.15) is 0 Å².